The summed E-state index contributed by atoms with van der Waals surface area (Å²) in [7, 11) is -3.55. The van der Waals surface area contributed by atoms with E-state index in [-0.39, 0.29) is 15.2 Å². The molecule has 0 saturated carbocycles. The van der Waals surface area contributed by atoms with Crippen molar-refractivity contribution in [3.8, 4) is 0 Å². The van der Waals surface area contributed by atoms with Crippen LogP contribution in [0.5, 0.6) is 0 Å². The molecule has 0 unspecified atom stereocenters. The van der Waals surface area contributed by atoms with Crippen LogP contribution in [0.2, 0.25) is 4.47 Å². The summed E-state index contributed by atoms with van der Waals surface area (Å²) in [5, 5.41) is 4.08. The van der Waals surface area contributed by atoms with Crippen molar-refractivity contribution in [1.29, 1.82) is 0 Å². The van der Waals surface area contributed by atoms with Gasteiger partial charge in [-0.05, 0) is 19.4 Å². The fourth-order valence-corrected chi connectivity index (χ4v) is 4.35. The van der Waals surface area contributed by atoms with Gasteiger partial charge in [-0.25, -0.2) is 18.1 Å². The Hall–Kier alpha value is -0.960. The van der Waals surface area contributed by atoms with Crippen molar-refractivity contribution >= 4 is 33.0 Å². The Morgan fingerprint density at radius 3 is 2.74 bits per heavy atom. The zero-order valence-electron chi connectivity index (χ0n) is 10.4. The number of thiazole rings is 1. The Balaban J connectivity index is 2.00. The molecule has 2 aromatic heterocycles. The first kappa shape index (κ1) is 14.4. The average Bonchev–Trinajstić information content (AvgIpc) is 2.85. The Morgan fingerprint density at radius 1 is 1.47 bits per heavy atom. The summed E-state index contributed by atoms with van der Waals surface area (Å²) in [6.07, 6.45) is 3.57. The number of rotatable bonds is 5. The van der Waals surface area contributed by atoms with Crippen LogP contribution in [0.1, 0.15) is 11.3 Å². The second kappa shape index (κ2) is 5.58. The highest BCUT2D eigenvalue weighted by Crippen LogP contribution is 2.26. The van der Waals surface area contributed by atoms with E-state index in [0.29, 0.717) is 12.2 Å². The fraction of sp³-hybridized carbons (Fsp3) is 0.400. The van der Waals surface area contributed by atoms with Gasteiger partial charge in [-0.3, -0.25) is 4.68 Å². The molecular formula is C10H13ClN4O2S2. The molecule has 0 radical (unpaired) electrons. The second-order valence-corrected chi connectivity index (χ2v) is 7.56. The van der Waals surface area contributed by atoms with Gasteiger partial charge >= 0.3 is 0 Å². The van der Waals surface area contributed by atoms with Crippen LogP contribution in [-0.4, -0.2) is 29.7 Å². The van der Waals surface area contributed by atoms with Crippen molar-refractivity contribution in [2.75, 3.05) is 6.54 Å². The van der Waals surface area contributed by atoms with E-state index in [1.807, 2.05) is 13.1 Å². The first-order chi connectivity index (χ1) is 8.88. The molecule has 104 valence electrons. The Kier molecular flexibility index (Phi) is 4.24. The molecule has 2 heterocycles. The molecule has 0 bridgehead atoms. The van der Waals surface area contributed by atoms with E-state index in [0.717, 1.165) is 16.9 Å². The van der Waals surface area contributed by atoms with Gasteiger partial charge in [0.15, 0.2) is 8.68 Å². The molecule has 0 amide bonds. The maximum Gasteiger partial charge on any atom is 0.252 e. The summed E-state index contributed by atoms with van der Waals surface area (Å²) >= 11 is 6.66. The van der Waals surface area contributed by atoms with E-state index >= 15 is 0 Å². The van der Waals surface area contributed by atoms with Crippen molar-refractivity contribution in [2.24, 2.45) is 0 Å². The van der Waals surface area contributed by atoms with Gasteiger partial charge in [0.25, 0.3) is 10.0 Å². The van der Waals surface area contributed by atoms with E-state index in [1.54, 1.807) is 17.8 Å². The van der Waals surface area contributed by atoms with Crippen LogP contribution in [0.25, 0.3) is 0 Å². The third-order valence-corrected chi connectivity index (χ3v) is 5.70. The molecule has 9 heteroatoms. The Bertz CT molecular complexity index is 678. The second-order valence-electron chi connectivity index (χ2n) is 4.02. The van der Waals surface area contributed by atoms with Crippen LogP contribution in [-0.2, 0) is 16.6 Å². The molecule has 0 atom stereocenters. The largest absolute Gasteiger partial charge is 0.271 e. The molecule has 0 aromatic carbocycles. The molecule has 0 aliphatic carbocycles. The number of nitrogens with one attached hydrogen (secondary N) is 1. The third kappa shape index (κ3) is 3.53. The highest BCUT2D eigenvalue weighted by molar-refractivity contribution is 7.91. The summed E-state index contributed by atoms with van der Waals surface area (Å²) in [5.41, 5.74) is 1.45. The minimum atomic E-state index is -3.55. The predicted molar refractivity (Wildman–Crippen MR) is 74.0 cm³/mol. The minimum absolute atomic E-state index is 0.161. The summed E-state index contributed by atoms with van der Waals surface area (Å²) in [6.45, 7) is 4.28. The minimum Gasteiger partial charge on any atom is -0.271 e. The lowest BCUT2D eigenvalue weighted by Crippen LogP contribution is -2.27. The van der Waals surface area contributed by atoms with E-state index in [9.17, 15) is 8.42 Å². The van der Waals surface area contributed by atoms with Crippen molar-refractivity contribution in [3.05, 3.63) is 28.1 Å². The highest BCUT2D eigenvalue weighted by Gasteiger charge is 2.20. The number of hydrogen-bond donors (Lipinski definition) is 1. The van der Waals surface area contributed by atoms with Crippen molar-refractivity contribution in [2.45, 2.75) is 24.6 Å². The molecule has 19 heavy (non-hydrogen) atoms. The van der Waals surface area contributed by atoms with Gasteiger partial charge in [0.05, 0.1) is 18.4 Å². The van der Waals surface area contributed by atoms with Gasteiger partial charge in [-0.2, -0.15) is 5.10 Å². The van der Waals surface area contributed by atoms with E-state index < -0.39 is 10.0 Å². The summed E-state index contributed by atoms with van der Waals surface area (Å²) in [4.78, 5) is 3.89. The van der Waals surface area contributed by atoms with Crippen LogP contribution < -0.4 is 4.72 Å². The monoisotopic (exact) mass is 320 g/mol. The highest BCUT2D eigenvalue weighted by atomic mass is 35.5. The van der Waals surface area contributed by atoms with E-state index in [4.69, 9.17) is 11.6 Å². The zero-order chi connectivity index (χ0) is 14.0. The van der Waals surface area contributed by atoms with E-state index in [1.165, 1.54) is 0 Å². The molecule has 6 nitrogen and oxygen atoms in total. The third-order valence-electron chi connectivity index (χ3n) is 2.37. The number of aromatic nitrogens is 3. The van der Waals surface area contributed by atoms with Gasteiger partial charge in [0.2, 0.25) is 0 Å². The molecule has 0 spiro atoms. The number of halogens is 1. The zero-order valence-corrected chi connectivity index (χ0v) is 12.8. The Labute approximate surface area is 120 Å². The van der Waals surface area contributed by atoms with Crippen molar-refractivity contribution < 1.29 is 8.42 Å². The smallest absolute Gasteiger partial charge is 0.252 e. The summed E-state index contributed by atoms with van der Waals surface area (Å²) < 4.78 is 28.6. The molecule has 2 rings (SSSR count). The van der Waals surface area contributed by atoms with Gasteiger partial charge in [0, 0.05) is 12.7 Å². The van der Waals surface area contributed by atoms with Gasteiger partial charge in [0.1, 0.15) is 0 Å². The van der Waals surface area contributed by atoms with Crippen LogP contribution in [0.15, 0.2) is 16.6 Å². The van der Waals surface area contributed by atoms with Crippen LogP contribution in [0.3, 0.4) is 0 Å². The normalized spacial score (nSPS) is 11.9. The van der Waals surface area contributed by atoms with Crippen LogP contribution >= 0.6 is 22.9 Å². The maximum absolute atomic E-state index is 12.0. The molecule has 1 N–H and O–H groups in total. The fourth-order valence-electron chi connectivity index (χ4n) is 1.55. The van der Waals surface area contributed by atoms with Gasteiger partial charge < -0.3 is 0 Å². The quantitative estimate of drug-likeness (QED) is 0.907. The lowest BCUT2D eigenvalue weighted by Gasteiger charge is -2.05. The summed E-state index contributed by atoms with van der Waals surface area (Å²) in [5.74, 6) is 0. The Morgan fingerprint density at radius 2 is 2.21 bits per heavy atom. The molecule has 0 saturated heterocycles. The standard InChI is InChI=1S/C10H13ClN4O2S2/c1-7-5-12-15(6-7)4-3-13-19(16,17)9-8(2)14-10(11)18-9/h5-6,13H,3-4H2,1-2H3. The van der Waals surface area contributed by atoms with Crippen molar-refractivity contribution in [1.82, 2.24) is 19.5 Å². The molecule has 2 aromatic rings. The van der Waals surface area contributed by atoms with Crippen LogP contribution in [0, 0.1) is 13.8 Å². The molecule has 0 aliphatic rings. The first-order valence-electron chi connectivity index (χ1n) is 5.50. The summed E-state index contributed by atoms with van der Waals surface area (Å²) in [6, 6.07) is 0. The average molecular weight is 321 g/mol. The number of sulfonamides is 1. The van der Waals surface area contributed by atoms with E-state index in [2.05, 4.69) is 14.8 Å². The maximum atomic E-state index is 12.0. The molecular weight excluding hydrogens is 308 g/mol. The molecule has 0 aliphatic heterocycles. The first-order valence-corrected chi connectivity index (χ1v) is 8.18. The lowest BCUT2D eigenvalue weighted by molar-refractivity contribution is 0.562. The molecule has 0 fully saturated rings. The van der Waals surface area contributed by atoms with Crippen molar-refractivity contribution in [3.63, 3.8) is 0 Å². The predicted octanol–water partition coefficient (Wildman–Crippen LogP) is 1.59. The number of nitrogens with zero attached hydrogens (tertiary/aromatic N) is 3. The lowest BCUT2D eigenvalue weighted by atomic mass is 10.4. The SMILES string of the molecule is Cc1cnn(CCNS(=O)(=O)c2sc(Cl)nc2C)c1. The van der Waals surface area contributed by atoms with Gasteiger partial charge in [-0.15, -0.1) is 0 Å². The topological polar surface area (TPSA) is 76.9 Å². The number of hydrogen-bond acceptors (Lipinski definition) is 5. The number of aryl methyl sites for hydroxylation is 2. The van der Waals surface area contributed by atoms with Crippen LogP contribution in [0.4, 0.5) is 0 Å². The van der Waals surface area contributed by atoms with Gasteiger partial charge in [-0.1, -0.05) is 22.9 Å².